The molecule has 2 aliphatic rings. The predicted molar refractivity (Wildman–Crippen MR) is 116 cm³/mol. The Bertz CT molecular complexity index is 959. The number of carbonyl (C=O) groups excluding carboxylic acids is 1. The van der Waals surface area contributed by atoms with E-state index in [4.69, 9.17) is 28.2 Å². The third kappa shape index (κ3) is 4.31. The molecule has 1 aliphatic heterocycles. The Labute approximate surface area is 179 Å². The van der Waals surface area contributed by atoms with Crippen molar-refractivity contribution in [1.29, 1.82) is 0 Å². The highest BCUT2D eigenvalue weighted by Crippen LogP contribution is 2.32. The second kappa shape index (κ2) is 8.16. The maximum absolute atomic E-state index is 13.2. The zero-order valence-corrected chi connectivity index (χ0v) is 17.8. The van der Waals surface area contributed by atoms with Gasteiger partial charge in [0.05, 0.1) is 22.1 Å². The number of anilines is 2. The van der Waals surface area contributed by atoms with Crippen LogP contribution in [0.1, 0.15) is 37.1 Å². The first-order chi connectivity index (χ1) is 13.9. The van der Waals surface area contributed by atoms with Gasteiger partial charge in [-0.05, 0) is 51.0 Å². The van der Waals surface area contributed by atoms with E-state index in [0.29, 0.717) is 27.6 Å². The molecule has 2 atom stereocenters. The summed E-state index contributed by atoms with van der Waals surface area (Å²) in [4.78, 5) is 28.5. The van der Waals surface area contributed by atoms with Gasteiger partial charge in [-0.25, -0.2) is 19.8 Å². The van der Waals surface area contributed by atoms with E-state index in [-0.39, 0.29) is 18.1 Å². The van der Waals surface area contributed by atoms with Crippen molar-refractivity contribution in [2.45, 2.75) is 51.6 Å². The second-order valence-electron chi connectivity index (χ2n) is 7.40. The van der Waals surface area contributed by atoms with Crippen molar-refractivity contribution in [3.63, 3.8) is 0 Å². The highest BCUT2D eigenvalue weighted by Gasteiger charge is 2.41. The molecule has 0 spiro atoms. The molecule has 0 radical (unpaired) electrons. The van der Waals surface area contributed by atoms with Crippen LogP contribution in [0.5, 0.6) is 0 Å². The van der Waals surface area contributed by atoms with Crippen LogP contribution >= 0.6 is 23.2 Å². The summed E-state index contributed by atoms with van der Waals surface area (Å²) in [7, 11) is 0. The molecule has 2 N–H and O–H groups in total. The van der Waals surface area contributed by atoms with E-state index in [1.807, 2.05) is 19.9 Å². The minimum absolute atomic E-state index is 0.0138. The van der Waals surface area contributed by atoms with Crippen LogP contribution in [0.3, 0.4) is 0 Å². The van der Waals surface area contributed by atoms with Gasteiger partial charge < -0.3 is 5.32 Å². The fraction of sp³-hybridized carbons (Fsp3) is 0.400. The van der Waals surface area contributed by atoms with Crippen LogP contribution in [-0.2, 0) is 0 Å². The van der Waals surface area contributed by atoms with Crippen LogP contribution in [-0.4, -0.2) is 38.9 Å². The SMILES string of the molecule is Cc1cc(C)nc(NC2=N[C@@H]3CCCC[C@H]3N2C(=O)Nc2ccc(Cl)c(Cl)c2)n1. The third-order valence-corrected chi connectivity index (χ3v) is 5.88. The molecule has 1 aromatic heterocycles. The smallest absolute Gasteiger partial charge is 0.307 e. The van der Waals surface area contributed by atoms with Crippen molar-refractivity contribution < 1.29 is 4.79 Å². The molecule has 1 aromatic carbocycles. The van der Waals surface area contributed by atoms with Gasteiger partial charge in [-0.15, -0.1) is 0 Å². The van der Waals surface area contributed by atoms with Crippen molar-refractivity contribution in [3.05, 3.63) is 45.7 Å². The Hall–Kier alpha value is -2.38. The molecule has 152 valence electrons. The number of carbonyl (C=O) groups is 1. The Morgan fingerprint density at radius 1 is 1.07 bits per heavy atom. The van der Waals surface area contributed by atoms with Crippen LogP contribution in [0.4, 0.5) is 16.4 Å². The lowest BCUT2D eigenvalue weighted by molar-refractivity contribution is 0.209. The van der Waals surface area contributed by atoms with Gasteiger partial charge in [-0.1, -0.05) is 36.0 Å². The Kier molecular flexibility index (Phi) is 5.61. The number of fused-ring (bicyclic) bond motifs is 1. The normalized spacial score (nSPS) is 20.8. The Morgan fingerprint density at radius 2 is 1.79 bits per heavy atom. The lowest BCUT2D eigenvalue weighted by Gasteiger charge is -2.31. The van der Waals surface area contributed by atoms with Crippen molar-refractivity contribution in [2.24, 2.45) is 4.99 Å². The molecule has 29 heavy (non-hydrogen) atoms. The summed E-state index contributed by atoms with van der Waals surface area (Å²) in [6, 6.07) is 6.73. The van der Waals surface area contributed by atoms with Crippen LogP contribution in [0.25, 0.3) is 0 Å². The standard InChI is InChI=1S/C20H22Cl2N6O/c1-11-9-12(2)24-18(23-11)27-19-26-16-5-3-4-6-17(16)28(19)20(29)25-13-7-8-14(21)15(22)10-13/h7-10,16-17H,3-6H2,1-2H3,(H,25,29)(H,23,24,26,27)/t16-,17-/m1/s1. The molecule has 1 saturated carbocycles. The van der Waals surface area contributed by atoms with E-state index >= 15 is 0 Å². The van der Waals surface area contributed by atoms with Crippen molar-refractivity contribution in [3.8, 4) is 0 Å². The molecule has 9 heteroatoms. The van der Waals surface area contributed by atoms with Crippen LogP contribution in [0.15, 0.2) is 29.3 Å². The zero-order valence-electron chi connectivity index (χ0n) is 16.2. The van der Waals surface area contributed by atoms with Gasteiger partial charge in [0.1, 0.15) is 0 Å². The number of guanidine groups is 1. The van der Waals surface area contributed by atoms with Gasteiger partial charge >= 0.3 is 6.03 Å². The first-order valence-corrected chi connectivity index (χ1v) is 10.4. The zero-order chi connectivity index (χ0) is 20.5. The van der Waals surface area contributed by atoms with Gasteiger partial charge in [0, 0.05) is 17.1 Å². The minimum atomic E-state index is -0.270. The summed E-state index contributed by atoms with van der Waals surface area (Å²) in [5, 5.41) is 6.89. The number of aromatic nitrogens is 2. The van der Waals surface area contributed by atoms with Crippen molar-refractivity contribution in [1.82, 2.24) is 14.9 Å². The van der Waals surface area contributed by atoms with Gasteiger partial charge in [-0.3, -0.25) is 10.2 Å². The quantitative estimate of drug-likeness (QED) is 0.696. The topological polar surface area (TPSA) is 82.5 Å². The number of urea groups is 1. The first-order valence-electron chi connectivity index (χ1n) is 9.63. The summed E-state index contributed by atoms with van der Waals surface area (Å²) in [5.74, 6) is 0.914. The third-order valence-electron chi connectivity index (χ3n) is 5.14. The van der Waals surface area contributed by atoms with E-state index in [2.05, 4.69) is 20.6 Å². The molecular weight excluding hydrogens is 411 g/mol. The average Bonchev–Trinajstić information content (AvgIpc) is 3.01. The average molecular weight is 433 g/mol. The molecule has 1 aliphatic carbocycles. The maximum atomic E-state index is 13.2. The summed E-state index contributed by atoms with van der Waals surface area (Å²) in [6.45, 7) is 3.82. The van der Waals surface area contributed by atoms with Gasteiger partial charge in [0.2, 0.25) is 11.9 Å². The summed E-state index contributed by atoms with van der Waals surface area (Å²) < 4.78 is 0. The first kappa shape index (κ1) is 19.9. The highest BCUT2D eigenvalue weighted by atomic mass is 35.5. The monoisotopic (exact) mass is 432 g/mol. The molecular formula is C20H22Cl2N6O. The van der Waals surface area contributed by atoms with E-state index in [9.17, 15) is 4.79 Å². The number of hydrogen-bond acceptors (Lipinski definition) is 5. The van der Waals surface area contributed by atoms with Crippen LogP contribution in [0.2, 0.25) is 10.0 Å². The summed E-state index contributed by atoms with van der Waals surface area (Å²) >= 11 is 12.1. The molecule has 2 aromatic rings. The summed E-state index contributed by atoms with van der Waals surface area (Å²) in [6.07, 6.45) is 4.04. The number of halogens is 2. The molecule has 1 fully saturated rings. The van der Waals surface area contributed by atoms with Crippen molar-refractivity contribution in [2.75, 3.05) is 10.6 Å². The highest BCUT2D eigenvalue weighted by molar-refractivity contribution is 6.42. The molecule has 4 rings (SSSR count). The number of aryl methyl sites for hydroxylation is 2. The summed E-state index contributed by atoms with van der Waals surface area (Å²) in [5.41, 5.74) is 2.27. The molecule has 0 unspecified atom stereocenters. The maximum Gasteiger partial charge on any atom is 0.328 e. The number of nitrogens with zero attached hydrogens (tertiary/aromatic N) is 4. The molecule has 2 heterocycles. The number of amides is 2. The van der Waals surface area contributed by atoms with E-state index in [0.717, 1.165) is 37.1 Å². The van der Waals surface area contributed by atoms with E-state index < -0.39 is 0 Å². The minimum Gasteiger partial charge on any atom is -0.307 e. The molecule has 0 saturated heterocycles. The van der Waals surface area contributed by atoms with Gasteiger partial charge in [0.15, 0.2) is 0 Å². The van der Waals surface area contributed by atoms with Crippen LogP contribution < -0.4 is 10.6 Å². The predicted octanol–water partition coefficient (Wildman–Crippen LogP) is 5.03. The lowest BCUT2D eigenvalue weighted by Crippen LogP contribution is -2.49. The second-order valence-corrected chi connectivity index (χ2v) is 8.21. The van der Waals surface area contributed by atoms with E-state index in [1.165, 1.54) is 0 Å². The Balaban J connectivity index is 1.59. The fourth-order valence-corrected chi connectivity index (χ4v) is 4.20. The number of benzene rings is 1. The largest absolute Gasteiger partial charge is 0.328 e. The van der Waals surface area contributed by atoms with Gasteiger partial charge in [-0.2, -0.15) is 0 Å². The number of nitrogens with one attached hydrogen (secondary N) is 2. The number of aliphatic imine (C=N–C) groups is 1. The lowest BCUT2D eigenvalue weighted by atomic mass is 9.91. The van der Waals surface area contributed by atoms with Crippen LogP contribution in [0, 0.1) is 13.8 Å². The molecule has 2 amide bonds. The van der Waals surface area contributed by atoms with Crippen molar-refractivity contribution >= 4 is 46.8 Å². The van der Waals surface area contributed by atoms with Gasteiger partial charge in [0.25, 0.3) is 0 Å². The fourth-order valence-electron chi connectivity index (χ4n) is 3.90. The molecule has 0 bridgehead atoms. The number of rotatable bonds is 2. The number of hydrogen-bond donors (Lipinski definition) is 2. The molecule has 7 nitrogen and oxygen atoms in total. The Morgan fingerprint density at radius 3 is 2.52 bits per heavy atom. The van der Waals surface area contributed by atoms with E-state index in [1.54, 1.807) is 23.1 Å².